The van der Waals surface area contributed by atoms with E-state index in [2.05, 4.69) is 58.7 Å². The van der Waals surface area contributed by atoms with Crippen LogP contribution in [0.15, 0.2) is 49.1 Å². The largest absolute Gasteiger partial charge is 0.462 e. The van der Waals surface area contributed by atoms with Gasteiger partial charge in [0.25, 0.3) is 0 Å². The Morgan fingerprint density at radius 3 is 2.76 bits per heavy atom. The summed E-state index contributed by atoms with van der Waals surface area (Å²) in [5.41, 5.74) is 3.21. The van der Waals surface area contributed by atoms with Gasteiger partial charge in [0.2, 0.25) is 5.91 Å². The van der Waals surface area contributed by atoms with Crippen LogP contribution in [0.5, 0.6) is 6.01 Å². The quantitative estimate of drug-likeness (QED) is 0.360. The molecule has 218 valence electrons. The minimum absolute atomic E-state index is 0.146. The maximum absolute atomic E-state index is 12.5. The molecule has 6 rings (SSSR count). The lowest BCUT2D eigenvalue weighted by atomic mass is 10.0. The van der Waals surface area contributed by atoms with Gasteiger partial charge in [0, 0.05) is 61.3 Å². The molecule has 0 spiro atoms. The van der Waals surface area contributed by atoms with E-state index in [1.807, 2.05) is 12.1 Å². The normalized spacial score (nSPS) is 21.0. The number of halogens is 1. The van der Waals surface area contributed by atoms with E-state index in [1.165, 1.54) is 18.1 Å². The molecular formula is C32H36ClN7O2. The van der Waals surface area contributed by atoms with Crippen molar-refractivity contribution in [1.29, 1.82) is 5.26 Å². The number of aromatic nitrogens is 2. The summed E-state index contributed by atoms with van der Waals surface area (Å²) in [5, 5.41) is 12.5. The molecule has 1 amide bonds. The molecule has 3 aliphatic rings. The molecule has 42 heavy (non-hydrogen) atoms. The number of hydrogen-bond acceptors (Lipinski definition) is 8. The minimum atomic E-state index is -0.244. The number of likely N-dealkylation sites (tertiary alicyclic amines) is 1. The summed E-state index contributed by atoms with van der Waals surface area (Å²) >= 11 is 6.64. The van der Waals surface area contributed by atoms with Crippen LogP contribution in [0, 0.1) is 11.3 Å². The van der Waals surface area contributed by atoms with Gasteiger partial charge in [-0.25, -0.2) is 0 Å². The van der Waals surface area contributed by atoms with Gasteiger partial charge in [-0.3, -0.25) is 9.69 Å². The van der Waals surface area contributed by atoms with Crippen LogP contribution < -0.4 is 9.64 Å². The maximum atomic E-state index is 12.5. The lowest BCUT2D eigenvalue weighted by molar-refractivity contribution is -0.128. The first-order valence-electron chi connectivity index (χ1n) is 14.6. The number of hydrogen-bond donors (Lipinski definition) is 0. The second-order valence-electron chi connectivity index (χ2n) is 11.4. The van der Waals surface area contributed by atoms with E-state index in [9.17, 15) is 10.1 Å². The van der Waals surface area contributed by atoms with Crippen LogP contribution in [0.2, 0.25) is 5.02 Å². The zero-order valence-electron chi connectivity index (χ0n) is 24.0. The number of nitrogens with zero attached hydrogens (tertiary/aromatic N) is 7. The lowest BCUT2D eigenvalue weighted by Gasteiger charge is -2.41. The zero-order valence-corrected chi connectivity index (χ0v) is 24.8. The first-order valence-corrected chi connectivity index (χ1v) is 15.0. The van der Waals surface area contributed by atoms with Crippen molar-refractivity contribution in [3.8, 4) is 12.1 Å². The number of fused-ring (bicyclic) bond motifs is 2. The average molecular weight is 586 g/mol. The molecule has 0 radical (unpaired) electrons. The van der Waals surface area contributed by atoms with Crippen molar-refractivity contribution in [1.82, 2.24) is 24.7 Å². The molecule has 9 nitrogen and oxygen atoms in total. The number of piperazine rings is 1. The number of benzene rings is 2. The highest BCUT2D eigenvalue weighted by atomic mass is 35.5. The van der Waals surface area contributed by atoms with Gasteiger partial charge in [-0.2, -0.15) is 15.2 Å². The van der Waals surface area contributed by atoms with Crippen molar-refractivity contribution >= 4 is 34.1 Å². The van der Waals surface area contributed by atoms with Gasteiger partial charge in [-0.15, -0.1) is 0 Å². The molecule has 2 atom stereocenters. The number of nitriles is 1. The molecule has 0 bridgehead atoms. The Morgan fingerprint density at radius 2 is 2.00 bits per heavy atom. The Kier molecular flexibility index (Phi) is 8.29. The van der Waals surface area contributed by atoms with Crippen molar-refractivity contribution in [3.05, 3.63) is 70.9 Å². The highest BCUT2D eigenvalue weighted by molar-refractivity contribution is 6.35. The number of anilines is 1. The zero-order chi connectivity index (χ0) is 29.2. The van der Waals surface area contributed by atoms with Crippen molar-refractivity contribution in [2.45, 2.75) is 51.0 Å². The lowest BCUT2D eigenvalue weighted by Crippen LogP contribution is -2.55. The number of carbonyl (C=O) groups is 1. The SMILES string of the molecule is C=CC(=O)N1CCN(c2nc(OC[C@@H]3CCCN3C)nc3c2CN(Cc2cccc4cccc(Cl)c24)C3)C[C@@H]1CC#N. The Balaban J connectivity index is 1.29. The second-order valence-corrected chi connectivity index (χ2v) is 11.8. The van der Waals surface area contributed by atoms with Crippen molar-refractivity contribution in [2.24, 2.45) is 0 Å². The predicted octanol–water partition coefficient (Wildman–Crippen LogP) is 4.39. The van der Waals surface area contributed by atoms with Crippen molar-refractivity contribution < 1.29 is 9.53 Å². The first kappa shape index (κ1) is 28.4. The summed E-state index contributed by atoms with van der Waals surface area (Å²) in [7, 11) is 2.13. The van der Waals surface area contributed by atoms with E-state index in [4.69, 9.17) is 26.3 Å². The topological polar surface area (TPSA) is 88.8 Å². The Labute approximate surface area is 251 Å². The van der Waals surface area contributed by atoms with Crippen LogP contribution in [-0.4, -0.2) is 82.5 Å². The number of carbonyl (C=O) groups excluding carboxylic acids is 1. The summed E-state index contributed by atoms with van der Waals surface area (Å²) in [5.74, 6) is 0.689. The average Bonchev–Trinajstić information content (AvgIpc) is 3.60. The smallest absolute Gasteiger partial charge is 0.318 e. The summed E-state index contributed by atoms with van der Waals surface area (Å²) in [6.45, 7) is 8.96. The molecule has 0 unspecified atom stereocenters. The number of ether oxygens (including phenoxy) is 1. The second kappa shape index (κ2) is 12.3. The van der Waals surface area contributed by atoms with Crippen LogP contribution in [0.3, 0.4) is 0 Å². The number of rotatable bonds is 8. The molecule has 0 N–H and O–H groups in total. The van der Waals surface area contributed by atoms with E-state index >= 15 is 0 Å². The molecule has 2 aromatic carbocycles. The molecule has 4 heterocycles. The highest BCUT2D eigenvalue weighted by Crippen LogP contribution is 2.35. The fraction of sp³-hybridized carbons (Fsp3) is 0.438. The minimum Gasteiger partial charge on any atom is -0.462 e. The molecule has 2 saturated heterocycles. The third-order valence-corrected chi connectivity index (χ3v) is 9.10. The molecule has 2 fully saturated rings. The van der Waals surface area contributed by atoms with Gasteiger partial charge in [0.05, 0.1) is 24.2 Å². The maximum Gasteiger partial charge on any atom is 0.318 e. The summed E-state index contributed by atoms with van der Waals surface area (Å²) < 4.78 is 6.24. The van der Waals surface area contributed by atoms with Crippen LogP contribution in [0.4, 0.5) is 5.82 Å². The van der Waals surface area contributed by atoms with Gasteiger partial charge in [-0.05, 0) is 49.5 Å². The van der Waals surface area contributed by atoms with Crippen LogP contribution in [0.1, 0.15) is 36.1 Å². The standard InChI is InChI=1S/C32H36ClN7O2/c1-3-29(41)40-16-15-39(18-24(40)12-13-34)31-26-19-38(17-23-9-4-7-22-8-5-11-27(33)30(22)23)20-28(26)35-32(36-31)42-21-25-10-6-14-37(25)2/h3-5,7-9,11,24-25H,1,6,10,12,14-21H2,2H3/t24-,25-/m0/s1. The Bertz CT molecular complexity index is 1530. The molecular weight excluding hydrogens is 550 g/mol. The van der Waals surface area contributed by atoms with E-state index in [1.54, 1.807) is 4.90 Å². The molecule has 0 saturated carbocycles. The summed E-state index contributed by atoms with van der Waals surface area (Å²) in [4.78, 5) is 31.0. The monoisotopic (exact) mass is 585 g/mol. The van der Waals surface area contributed by atoms with Crippen molar-refractivity contribution in [3.63, 3.8) is 0 Å². The molecule has 1 aromatic heterocycles. The molecule has 3 aromatic rings. The van der Waals surface area contributed by atoms with Gasteiger partial charge >= 0.3 is 6.01 Å². The molecule has 10 heteroatoms. The van der Waals surface area contributed by atoms with Crippen LogP contribution in [-0.2, 0) is 24.4 Å². The summed E-state index contributed by atoms with van der Waals surface area (Å²) in [6.07, 6.45) is 3.84. The van der Waals surface area contributed by atoms with Crippen molar-refractivity contribution in [2.75, 3.05) is 44.7 Å². The van der Waals surface area contributed by atoms with E-state index in [0.717, 1.165) is 52.4 Å². The van der Waals surface area contributed by atoms with Gasteiger partial charge in [-0.1, -0.05) is 48.5 Å². The van der Waals surface area contributed by atoms with Gasteiger partial charge in [0.15, 0.2) is 0 Å². The van der Waals surface area contributed by atoms with Gasteiger partial charge in [0.1, 0.15) is 12.4 Å². The third kappa shape index (κ3) is 5.67. The number of likely N-dealkylation sites (N-methyl/N-ethyl adjacent to an activating group) is 1. The summed E-state index contributed by atoms with van der Waals surface area (Å²) in [6, 6.07) is 15.1. The van der Waals surface area contributed by atoms with E-state index < -0.39 is 0 Å². The molecule has 0 aliphatic carbocycles. The van der Waals surface area contributed by atoms with Crippen LogP contribution in [0.25, 0.3) is 10.8 Å². The van der Waals surface area contributed by atoms with Gasteiger partial charge < -0.3 is 19.4 Å². The predicted molar refractivity (Wildman–Crippen MR) is 163 cm³/mol. The van der Waals surface area contributed by atoms with Crippen LogP contribution >= 0.6 is 11.6 Å². The van der Waals surface area contributed by atoms with E-state index in [0.29, 0.717) is 51.4 Å². The number of amides is 1. The fourth-order valence-electron chi connectivity index (χ4n) is 6.56. The Morgan fingerprint density at radius 1 is 1.17 bits per heavy atom. The third-order valence-electron chi connectivity index (χ3n) is 8.78. The van der Waals surface area contributed by atoms with E-state index in [-0.39, 0.29) is 18.4 Å². The Hall–Kier alpha value is -3.71. The first-order chi connectivity index (χ1) is 20.4. The molecule has 3 aliphatic heterocycles. The fourth-order valence-corrected chi connectivity index (χ4v) is 6.86. The highest BCUT2D eigenvalue weighted by Gasteiger charge is 2.34.